The van der Waals surface area contributed by atoms with Crippen LogP contribution in [0.1, 0.15) is 23.1 Å². The molecule has 1 heterocycles. The number of halogens is 4. The minimum absolute atomic E-state index is 0.00933. The van der Waals surface area contributed by atoms with Gasteiger partial charge < -0.3 is 15.2 Å². The topological polar surface area (TPSA) is 74.4 Å². The Morgan fingerprint density at radius 3 is 2.63 bits per heavy atom. The van der Waals surface area contributed by atoms with Crippen molar-refractivity contribution >= 4 is 28.6 Å². The fraction of sp³-hybridized carbons (Fsp3) is 0.400. The average Bonchev–Trinajstić information content (AvgIpc) is 2.30. The summed E-state index contributed by atoms with van der Waals surface area (Å²) in [6.07, 6.45) is -4.92. The molecule has 2 N–H and O–H groups in total. The van der Waals surface area contributed by atoms with Crippen molar-refractivity contribution in [2.24, 2.45) is 5.73 Å². The van der Waals surface area contributed by atoms with E-state index < -0.39 is 23.8 Å². The van der Waals surface area contributed by atoms with E-state index in [9.17, 15) is 18.0 Å². The number of aromatic nitrogens is 1. The van der Waals surface area contributed by atoms with Crippen molar-refractivity contribution < 1.29 is 27.4 Å². The van der Waals surface area contributed by atoms with Crippen LogP contribution in [0.2, 0.25) is 0 Å². The highest BCUT2D eigenvalue weighted by atomic mass is 127. The molecule has 5 nitrogen and oxygen atoms in total. The van der Waals surface area contributed by atoms with Crippen molar-refractivity contribution in [3.05, 3.63) is 21.0 Å². The van der Waals surface area contributed by atoms with Gasteiger partial charge in [-0.15, -0.1) is 13.2 Å². The van der Waals surface area contributed by atoms with Gasteiger partial charge in [0.05, 0.1) is 15.9 Å². The Bertz CT molecular complexity index is 480. The van der Waals surface area contributed by atoms with Crippen LogP contribution in [0.4, 0.5) is 13.2 Å². The summed E-state index contributed by atoms with van der Waals surface area (Å²) in [6.45, 7) is 1.52. The summed E-state index contributed by atoms with van der Waals surface area (Å²) in [6, 6.07) is 1.31. The lowest BCUT2D eigenvalue weighted by atomic mass is 10.2. The Balaban J connectivity index is 3.29. The van der Waals surface area contributed by atoms with Gasteiger partial charge in [-0.05, 0) is 35.6 Å². The zero-order valence-corrected chi connectivity index (χ0v) is 11.9. The first-order chi connectivity index (χ1) is 8.78. The summed E-state index contributed by atoms with van der Waals surface area (Å²) in [5.74, 6) is -1.67. The highest BCUT2D eigenvalue weighted by Gasteiger charge is 2.35. The predicted molar refractivity (Wildman–Crippen MR) is 67.5 cm³/mol. The van der Waals surface area contributed by atoms with Crippen LogP contribution in [0.5, 0.6) is 5.75 Å². The number of nitrogens with two attached hydrogens (primary N) is 1. The maximum Gasteiger partial charge on any atom is 0.573 e. The Morgan fingerprint density at radius 1 is 1.53 bits per heavy atom. The van der Waals surface area contributed by atoms with Crippen LogP contribution in [0.25, 0.3) is 0 Å². The summed E-state index contributed by atoms with van der Waals surface area (Å²) < 4.78 is 45.4. The van der Waals surface area contributed by atoms with Gasteiger partial charge in [0, 0.05) is 6.54 Å². The molecule has 0 aromatic carbocycles. The van der Waals surface area contributed by atoms with Gasteiger partial charge in [-0.1, -0.05) is 0 Å². The van der Waals surface area contributed by atoms with Crippen LogP contribution >= 0.6 is 22.6 Å². The van der Waals surface area contributed by atoms with E-state index in [0.29, 0.717) is 0 Å². The number of hydrogen-bond acceptors (Lipinski definition) is 5. The standard InChI is InChI=1S/C10H10F3IN2O3/c1-2-18-9(17)7-8(19-10(11,12)13)6(14)3-5(4-15)16-7/h3H,2,4,15H2,1H3. The molecular formula is C10H10F3IN2O3. The summed E-state index contributed by atoms with van der Waals surface area (Å²) in [7, 11) is 0. The van der Waals surface area contributed by atoms with Crippen molar-refractivity contribution in [1.82, 2.24) is 4.98 Å². The number of hydrogen-bond donors (Lipinski definition) is 1. The van der Waals surface area contributed by atoms with E-state index in [1.54, 1.807) is 22.6 Å². The molecule has 106 valence electrons. The van der Waals surface area contributed by atoms with Crippen molar-refractivity contribution in [1.29, 1.82) is 0 Å². The van der Waals surface area contributed by atoms with E-state index in [4.69, 9.17) is 5.73 Å². The first kappa shape index (κ1) is 16.0. The lowest BCUT2D eigenvalue weighted by Crippen LogP contribution is -2.22. The molecule has 0 radical (unpaired) electrons. The molecule has 0 amide bonds. The van der Waals surface area contributed by atoms with Gasteiger partial charge >= 0.3 is 12.3 Å². The van der Waals surface area contributed by atoms with Gasteiger partial charge in [-0.3, -0.25) is 0 Å². The van der Waals surface area contributed by atoms with Gasteiger partial charge in [0.2, 0.25) is 0 Å². The molecule has 1 rings (SSSR count). The number of nitrogens with zero attached hydrogens (tertiary/aromatic N) is 1. The van der Waals surface area contributed by atoms with Gasteiger partial charge in [0.15, 0.2) is 11.4 Å². The van der Waals surface area contributed by atoms with E-state index in [1.165, 1.54) is 13.0 Å². The summed E-state index contributed by atoms with van der Waals surface area (Å²) in [4.78, 5) is 15.3. The molecule has 0 spiro atoms. The second-order valence-corrected chi connectivity index (χ2v) is 4.41. The zero-order chi connectivity index (χ0) is 14.6. The van der Waals surface area contributed by atoms with Crippen LogP contribution in [0.3, 0.4) is 0 Å². The van der Waals surface area contributed by atoms with Gasteiger partial charge in [-0.2, -0.15) is 0 Å². The molecule has 0 atom stereocenters. The normalized spacial score (nSPS) is 11.3. The van der Waals surface area contributed by atoms with Crippen LogP contribution < -0.4 is 10.5 Å². The molecule has 0 unspecified atom stereocenters. The average molecular weight is 390 g/mol. The zero-order valence-electron chi connectivity index (χ0n) is 9.75. The van der Waals surface area contributed by atoms with Crippen molar-refractivity contribution in [3.63, 3.8) is 0 Å². The first-order valence-corrected chi connectivity index (χ1v) is 6.18. The minimum atomic E-state index is -4.92. The smallest absolute Gasteiger partial charge is 0.461 e. The highest BCUT2D eigenvalue weighted by Crippen LogP contribution is 2.31. The molecular weight excluding hydrogens is 380 g/mol. The fourth-order valence-electron chi connectivity index (χ4n) is 1.21. The molecule has 0 saturated carbocycles. The maximum atomic E-state index is 12.3. The predicted octanol–water partition coefficient (Wildman–Crippen LogP) is 2.22. The lowest BCUT2D eigenvalue weighted by molar-refractivity contribution is -0.275. The van der Waals surface area contributed by atoms with Gasteiger partial charge in [-0.25, -0.2) is 9.78 Å². The Morgan fingerprint density at radius 2 is 2.16 bits per heavy atom. The number of carbonyl (C=O) groups excluding carboxylic acids is 1. The summed E-state index contributed by atoms with van der Waals surface area (Å²) >= 11 is 1.61. The second kappa shape index (κ2) is 6.37. The molecule has 0 saturated heterocycles. The Hall–Kier alpha value is -1.10. The van der Waals surface area contributed by atoms with Crippen LogP contribution in [-0.2, 0) is 11.3 Å². The van der Waals surface area contributed by atoms with Crippen molar-refractivity contribution in [2.75, 3.05) is 6.61 Å². The first-order valence-electron chi connectivity index (χ1n) is 5.10. The van der Waals surface area contributed by atoms with E-state index in [0.717, 1.165) is 0 Å². The number of pyridine rings is 1. The van der Waals surface area contributed by atoms with E-state index >= 15 is 0 Å². The number of alkyl halides is 3. The molecule has 0 bridgehead atoms. The van der Waals surface area contributed by atoms with Crippen LogP contribution in [0.15, 0.2) is 6.07 Å². The number of carbonyl (C=O) groups is 1. The highest BCUT2D eigenvalue weighted by molar-refractivity contribution is 14.1. The summed E-state index contributed by atoms with van der Waals surface area (Å²) in [5.41, 5.74) is 5.09. The Labute approximate surface area is 120 Å². The largest absolute Gasteiger partial charge is 0.573 e. The van der Waals surface area contributed by atoms with Gasteiger partial charge in [0.25, 0.3) is 0 Å². The van der Waals surface area contributed by atoms with Crippen LogP contribution in [0, 0.1) is 3.57 Å². The second-order valence-electron chi connectivity index (χ2n) is 3.25. The molecule has 1 aromatic heterocycles. The SMILES string of the molecule is CCOC(=O)c1nc(CN)cc(I)c1OC(F)(F)F. The van der Waals surface area contributed by atoms with E-state index in [2.05, 4.69) is 14.5 Å². The van der Waals surface area contributed by atoms with Crippen LogP contribution in [-0.4, -0.2) is 23.9 Å². The molecule has 9 heteroatoms. The third kappa shape index (κ3) is 4.49. The monoisotopic (exact) mass is 390 g/mol. The maximum absolute atomic E-state index is 12.3. The minimum Gasteiger partial charge on any atom is -0.461 e. The third-order valence-corrected chi connectivity index (χ3v) is 2.68. The number of ether oxygens (including phenoxy) is 2. The molecule has 0 aliphatic carbocycles. The molecule has 1 aromatic rings. The van der Waals surface area contributed by atoms with Crippen molar-refractivity contribution in [2.45, 2.75) is 19.8 Å². The fourth-order valence-corrected chi connectivity index (χ4v) is 1.93. The Kier molecular flexibility index (Phi) is 5.35. The van der Waals surface area contributed by atoms with E-state index in [1.807, 2.05) is 0 Å². The third-order valence-electron chi connectivity index (χ3n) is 1.88. The molecule has 0 fully saturated rings. The molecule has 0 aliphatic heterocycles. The number of esters is 1. The van der Waals surface area contributed by atoms with E-state index in [-0.39, 0.29) is 22.4 Å². The molecule has 19 heavy (non-hydrogen) atoms. The quantitative estimate of drug-likeness (QED) is 0.631. The lowest BCUT2D eigenvalue weighted by Gasteiger charge is -2.14. The summed E-state index contributed by atoms with van der Waals surface area (Å²) in [5, 5.41) is 0. The van der Waals surface area contributed by atoms with Gasteiger partial charge in [0.1, 0.15) is 0 Å². The number of rotatable bonds is 4. The van der Waals surface area contributed by atoms with Crippen molar-refractivity contribution in [3.8, 4) is 5.75 Å². The molecule has 0 aliphatic rings.